The lowest BCUT2D eigenvalue weighted by molar-refractivity contribution is -0.384. The van der Waals surface area contributed by atoms with Crippen molar-refractivity contribution >= 4 is 85.6 Å². The third kappa shape index (κ3) is 6.57. The van der Waals surface area contributed by atoms with Crippen LogP contribution in [0.15, 0.2) is 26.9 Å². The molecule has 2 amide bonds. The number of carbonyl (C=O) groups is 2. The lowest BCUT2D eigenvalue weighted by Crippen LogP contribution is -2.13. The number of thioether (sulfide) groups is 2. The number of rotatable bonds is 9. The van der Waals surface area contributed by atoms with Gasteiger partial charge in [0.2, 0.25) is 16.2 Å². The molecule has 1 aromatic carbocycles. The molecular formula is C15H12ClN7O4S4. The molecule has 0 atom stereocenters. The number of amides is 2. The fourth-order valence-corrected chi connectivity index (χ4v) is 5.42. The average Bonchev–Trinajstić information content (AvgIpc) is 3.36. The largest absolute Gasteiger partial charge is 0.300 e. The van der Waals surface area contributed by atoms with Gasteiger partial charge in [-0.3, -0.25) is 30.3 Å². The molecule has 16 heteroatoms. The van der Waals surface area contributed by atoms with Crippen LogP contribution in [-0.2, 0) is 4.79 Å². The minimum absolute atomic E-state index is 0.0580. The highest BCUT2D eigenvalue weighted by Crippen LogP contribution is 2.28. The third-order valence-corrected chi connectivity index (χ3v) is 7.44. The predicted molar refractivity (Wildman–Crippen MR) is 122 cm³/mol. The second-order valence-corrected chi connectivity index (χ2v) is 10.5. The molecule has 3 rings (SSSR count). The summed E-state index contributed by atoms with van der Waals surface area (Å²) in [4.78, 5) is 34.7. The zero-order chi connectivity index (χ0) is 22.4. The van der Waals surface area contributed by atoms with Crippen LogP contribution in [0.5, 0.6) is 0 Å². The van der Waals surface area contributed by atoms with Gasteiger partial charge in [0.25, 0.3) is 11.6 Å². The van der Waals surface area contributed by atoms with Crippen LogP contribution in [0.25, 0.3) is 0 Å². The maximum Gasteiger partial charge on any atom is 0.270 e. The van der Waals surface area contributed by atoms with Crippen LogP contribution in [0.2, 0.25) is 5.02 Å². The zero-order valence-corrected chi connectivity index (χ0v) is 19.5. The van der Waals surface area contributed by atoms with Crippen molar-refractivity contribution < 1.29 is 14.5 Å². The van der Waals surface area contributed by atoms with E-state index in [0.717, 1.165) is 39.3 Å². The highest BCUT2D eigenvalue weighted by molar-refractivity contribution is 8.01. The van der Waals surface area contributed by atoms with Crippen molar-refractivity contribution in [3.63, 3.8) is 0 Å². The van der Waals surface area contributed by atoms with Crippen LogP contribution in [0.3, 0.4) is 0 Å². The molecule has 2 heterocycles. The molecule has 11 nitrogen and oxygen atoms in total. The number of nitrogens with zero attached hydrogens (tertiary/aromatic N) is 5. The van der Waals surface area contributed by atoms with E-state index in [-0.39, 0.29) is 33.1 Å². The Morgan fingerprint density at radius 2 is 1.74 bits per heavy atom. The van der Waals surface area contributed by atoms with Crippen LogP contribution < -0.4 is 10.6 Å². The monoisotopic (exact) mass is 517 g/mol. The van der Waals surface area contributed by atoms with E-state index in [9.17, 15) is 19.7 Å². The van der Waals surface area contributed by atoms with Gasteiger partial charge in [-0.1, -0.05) is 64.7 Å². The number of nitrogens with one attached hydrogen (secondary N) is 2. The van der Waals surface area contributed by atoms with Crippen LogP contribution in [0.1, 0.15) is 17.3 Å². The van der Waals surface area contributed by atoms with E-state index >= 15 is 0 Å². The van der Waals surface area contributed by atoms with Gasteiger partial charge in [0.05, 0.1) is 21.3 Å². The van der Waals surface area contributed by atoms with E-state index < -0.39 is 10.8 Å². The first-order valence-electron chi connectivity index (χ1n) is 8.33. The molecule has 0 bridgehead atoms. The van der Waals surface area contributed by atoms with Crippen molar-refractivity contribution in [1.29, 1.82) is 0 Å². The number of halogens is 1. The smallest absolute Gasteiger partial charge is 0.270 e. The van der Waals surface area contributed by atoms with Gasteiger partial charge >= 0.3 is 0 Å². The highest BCUT2D eigenvalue weighted by atomic mass is 35.5. The molecular weight excluding hydrogens is 506 g/mol. The molecule has 0 saturated heterocycles. The Morgan fingerprint density at radius 1 is 1.10 bits per heavy atom. The van der Waals surface area contributed by atoms with Gasteiger partial charge < -0.3 is 0 Å². The standard InChI is InChI=1S/C15H12ClN7O4S4/c1-2-28-14-21-19-12(30-14)17-10(24)6-29-15-22-20-13(31-15)18-11(25)8-5-7(23(26)27)3-4-9(8)16/h3-5H,2,6H2,1H3,(H,17,19,24)(H,18,20,25). The highest BCUT2D eigenvalue weighted by Gasteiger charge is 2.18. The number of aromatic nitrogens is 4. The Balaban J connectivity index is 1.54. The summed E-state index contributed by atoms with van der Waals surface area (Å²) in [6.45, 7) is 2.00. The summed E-state index contributed by atoms with van der Waals surface area (Å²) in [7, 11) is 0. The SMILES string of the molecule is CCSc1nnc(NC(=O)CSc2nnc(NC(=O)c3cc([N+](=O)[O-])ccc3Cl)s2)s1. The van der Waals surface area contributed by atoms with Crippen molar-refractivity contribution in [3.05, 3.63) is 38.9 Å². The summed E-state index contributed by atoms with van der Waals surface area (Å²) in [5, 5.41) is 32.3. The minimum atomic E-state index is -0.656. The quantitative estimate of drug-likeness (QED) is 0.184. The molecule has 3 aromatic rings. The van der Waals surface area contributed by atoms with Crippen molar-refractivity contribution in [1.82, 2.24) is 20.4 Å². The second-order valence-electron chi connectivity index (χ2n) is 5.39. The van der Waals surface area contributed by atoms with E-state index in [2.05, 4.69) is 31.0 Å². The zero-order valence-electron chi connectivity index (χ0n) is 15.5. The minimum Gasteiger partial charge on any atom is -0.300 e. The molecule has 2 N–H and O–H groups in total. The van der Waals surface area contributed by atoms with Gasteiger partial charge in [-0.2, -0.15) is 0 Å². The first-order valence-corrected chi connectivity index (χ1v) is 12.3. The summed E-state index contributed by atoms with van der Waals surface area (Å²) in [5.74, 6) is -0.00820. The maximum atomic E-state index is 12.4. The van der Waals surface area contributed by atoms with Gasteiger partial charge in [0, 0.05) is 12.1 Å². The Hall–Kier alpha value is -2.33. The lowest BCUT2D eigenvalue weighted by Gasteiger charge is -2.03. The van der Waals surface area contributed by atoms with Gasteiger partial charge in [0.15, 0.2) is 8.68 Å². The van der Waals surface area contributed by atoms with Crippen LogP contribution in [0.4, 0.5) is 16.0 Å². The van der Waals surface area contributed by atoms with E-state index in [4.69, 9.17) is 11.6 Å². The fraction of sp³-hybridized carbons (Fsp3) is 0.200. The predicted octanol–water partition coefficient (Wildman–Crippen LogP) is 4.05. The summed E-state index contributed by atoms with van der Waals surface area (Å²) in [6, 6.07) is 3.56. The van der Waals surface area contributed by atoms with Crippen molar-refractivity contribution in [2.75, 3.05) is 22.1 Å². The summed E-state index contributed by atoms with van der Waals surface area (Å²) in [6.07, 6.45) is 0. The molecule has 0 saturated carbocycles. The number of carbonyl (C=O) groups excluding carboxylic acids is 2. The summed E-state index contributed by atoms with van der Waals surface area (Å²) >= 11 is 11.0. The molecule has 0 aliphatic carbocycles. The molecule has 162 valence electrons. The Morgan fingerprint density at radius 3 is 2.39 bits per heavy atom. The van der Waals surface area contributed by atoms with Crippen LogP contribution in [0, 0.1) is 10.1 Å². The summed E-state index contributed by atoms with van der Waals surface area (Å²) < 4.78 is 1.23. The summed E-state index contributed by atoms with van der Waals surface area (Å²) in [5.41, 5.74) is -0.317. The third-order valence-electron chi connectivity index (χ3n) is 3.28. The number of anilines is 2. The average molecular weight is 518 g/mol. The van der Waals surface area contributed by atoms with Gasteiger partial charge in [0.1, 0.15) is 0 Å². The molecule has 31 heavy (non-hydrogen) atoms. The first-order chi connectivity index (χ1) is 14.9. The number of benzene rings is 1. The van der Waals surface area contributed by atoms with E-state index in [0.29, 0.717) is 9.47 Å². The lowest BCUT2D eigenvalue weighted by atomic mass is 10.2. The normalized spacial score (nSPS) is 10.6. The molecule has 0 unspecified atom stereocenters. The molecule has 0 aliphatic rings. The fourth-order valence-electron chi connectivity index (χ4n) is 2.01. The number of nitro benzene ring substituents is 1. The van der Waals surface area contributed by atoms with E-state index in [1.54, 1.807) is 0 Å². The van der Waals surface area contributed by atoms with Crippen molar-refractivity contribution in [2.45, 2.75) is 15.6 Å². The van der Waals surface area contributed by atoms with Crippen molar-refractivity contribution in [2.24, 2.45) is 0 Å². The Kier molecular flexibility index (Phi) is 8.14. The first kappa shape index (κ1) is 23.3. The molecule has 0 fully saturated rings. The maximum absolute atomic E-state index is 12.4. The Bertz CT molecular complexity index is 1120. The topological polar surface area (TPSA) is 153 Å². The van der Waals surface area contributed by atoms with Gasteiger partial charge in [-0.25, -0.2) is 0 Å². The molecule has 2 aromatic heterocycles. The van der Waals surface area contributed by atoms with Crippen LogP contribution in [-0.4, -0.2) is 48.6 Å². The van der Waals surface area contributed by atoms with Crippen molar-refractivity contribution in [3.8, 4) is 0 Å². The molecule has 0 spiro atoms. The second kappa shape index (κ2) is 10.8. The van der Waals surface area contributed by atoms with Gasteiger partial charge in [-0.15, -0.1) is 20.4 Å². The number of non-ortho nitro benzene ring substituents is 1. The Labute approximate surface area is 196 Å². The number of hydrogen-bond donors (Lipinski definition) is 2. The van der Waals surface area contributed by atoms with Crippen LogP contribution >= 0.6 is 57.8 Å². The van der Waals surface area contributed by atoms with Gasteiger partial charge in [-0.05, 0) is 11.8 Å². The molecule has 0 radical (unpaired) electrons. The number of nitro groups is 1. The molecule has 0 aliphatic heterocycles. The number of hydrogen-bond acceptors (Lipinski definition) is 12. The van der Waals surface area contributed by atoms with E-state index in [1.165, 1.54) is 35.2 Å². The van der Waals surface area contributed by atoms with E-state index in [1.807, 2.05) is 6.92 Å².